The van der Waals surface area contributed by atoms with Crippen molar-refractivity contribution in [2.24, 2.45) is 0 Å². The van der Waals surface area contributed by atoms with Gasteiger partial charge in [0, 0.05) is 23.8 Å². The molecule has 0 aliphatic rings. The highest BCUT2D eigenvalue weighted by Gasteiger charge is 2.13. The minimum absolute atomic E-state index is 0.0783. The maximum atomic E-state index is 9.93. The van der Waals surface area contributed by atoms with Crippen LogP contribution >= 0.6 is 11.6 Å². The highest BCUT2D eigenvalue weighted by Crippen LogP contribution is 2.25. The molecule has 0 bridgehead atoms. The molecule has 4 nitrogen and oxygen atoms in total. The average molecular weight is 280 g/mol. The zero-order valence-electron chi connectivity index (χ0n) is 10.9. The SMILES string of the molecule is CCCNC(Cc1ccc(Cl)cc1O)n1ccnc1. The molecule has 19 heavy (non-hydrogen) atoms. The Morgan fingerprint density at radius 2 is 2.32 bits per heavy atom. The van der Waals surface area contributed by atoms with Gasteiger partial charge >= 0.3 is 0 Å². The first-order valence-corrected chi connectivity index (χ1v) is 6.76. The van der Waals surface area contributed by atoms with Crippen molar-refractivity contribution in [2.75, 3.05) is 6.54 Å². The Hall–Kier alpha value is -1.52. The molecule has 0 aliphatic heterocycles. The molecule has 0 aliphatic carbocycles. The standard InChI is InChI=1S/C14H18ClN3O/c1-2-5-17-14(18-7-6-16-10-18)8-11-3-4-12(15)9-13(11)19/h3-4,6-7,9-10,14,17,19H,2,5,8H2,1H3. The summed E-state index contributed by atoms with van der Waals surface area (Å²) in [5.41, 5.74) is 0.867. The lowest BCUT2D eigenvalue weighted by atomic mass is 10.1. The zero-order chi connectivity index (χ0) is 13.7. The van der Waals surface area contributed by atoms with Crippen LogP contribution in [0, 0.1) is 0 Å². The van der Waals surface area contributed by atoms with E-state index in [9.17, 15) is 5.11 Å². The number of hydrogen-bond donors (Lipinski definition) is 2. The quantitative estimate of drug-likeness (QED) is 0.855. The fourth-order valence-corrected chi connectivity index (χ4v) is 2.13. The smallest absolute Gasteiger partial charge is 0.120 e. The van der Waals surface area contributed by atoms with E-state index in [1.165, 1.54) is 0 Å². The minimum atomic E-state index is 0.0783. The molecule has 102 valence electrons. The Morgan fingerprint density at radius 3 is 2.95 bits per heavy atom. The van der Waals surface area contributed by atoms with Crippen LogP contribution in [0.4, 0.5) is 0 Å². The molecule has 0 radical (unpaired) electrons. The van der Waals surface area contributed by atoms with Gasteiger partial charge in [0.15, 0.2) is 0 Å². The Bertz CT molecular complexity index is 513. The zero-order valence-corrected chi connectivity index (χ0v) is 11.6. The molecule has 0 fully saturated rings. The molecule has 1 aromatic heterocycles. The Balaban J connectivity index is 2.15. The molecular formula is C14H18ClN3O. The number of hydrogen-bond acceptors (Lipinski definition) is 3. The molecule has 5 heteroatoms. The largest absolute Gasteiger partial charge is 0.508 e. The number of aromatic nitrogens is 2. The number of nitrogens with one attached hydrogen (secondary N) is 1. The number of aromatic hydroxyl groups is 1. The van der Waals surface area contributed by atoms with E-state index >= 15 is 0 Å². The maximum Gasteiger partial charge on any atom is 0.120 e. The van der Waals surface area contributed by atoms with Crippen LogP contribution in [0.25, 0.3) is 0 Å². The number of nitrogens with zero attached hydrogens (tertiary/aromatic N) is 2. The van der Waals surface area contributed by atoms with Crippen LogP contribution in [0.3, 0.4) is 0 Å². The topological polar surface area (TPSA) is 50.1 Å². The van der Waals surface area contributed by atoms with Crippen molar-refractivity contribution in [3.8, 4) is 5.75 Å². The number of halogens is 1. The van der Waals surface area contributed by atoms with Gasteiger partial charge in [-0.3, -0.25) is 5.32 Å². The van der Waals surface area contributed by atoms with Gasteiger partial charge in [-0.15, -0.1) is 0 Å². The molecule has 2 aromatic rings. The molecule has 2 N–H and O–H groups in total. The lowest BCUT2D eigenvalue weighted by molar-refractivity contribution is 0.391. The fourth-order valence-electron chi connectivity index (χ4n) is 1.97. The van der Waals surface area contributed by atoms with Gasteiger partial charge in [-0.2, -0.15) is 0 Å². The van der Waals surface area contributed by atoms with E-state index in [-0.39, 0.29) is 11.9 Å². The molecule has 1 aromatic carbocycles. The van der Waals surface area contributed by atoms with Crippen LogP contribution in [-0.4, -0.2) is 21.2 Å². The first kappa shape index (κ1) is 13.9. The summed E-state index contributed by atoms with van der Waals surface area (Å²) in [5.74, 6) is 0.232. The number of imidazole rings is 1. The molecule has 0 spiro atoms. The summed E-state index contributed by atoms with van der Waals surface area (Å²) < 4.78 is 2.00. The second-order valence-electron chi connectivity index (χ2n) is 4.46. The molecule has 2 rings (SSSR count). The lowest BCUT2D eigenvalue weighted by Gasteiger charge is -2.20. The first-order valence-electron chi connectivity index (χ1n) is 6.39. The Labute approximate surface area is 118 Å². The molecule has 1 atom stereocenters. The number of phenols is 1. The maximum absolute atomic E-state index is 9.93. The summed E-state index contributed by atoms with van der Waals surface area (Å²) in [6.07, 6.45) is 7.26. The van der Waals surface area contributed by atoms with E-state index < -0.39 is 0 Å². The summed E-state index contributed by atoms with van der Waals surface area (Å²) in [7, 11) is 0. The van der Waals surface area contributed by atoms with Gasteiger partial charge in [-0.25, -0.2) is 4.98 Å². The van der Waals surface area contributed by atoms with Crippen molar-refractivity contribution >= 4 is 11.6 Å². The van der Waals surface area contributed by atoms with Gasteiger partial charge in [0.1, 0.15) is 5.75 Å². The molecule has 1 unspecified atom stereocenters. The van der Waals surface area contributed by atoms with Crippen LogP contribution in [0.1, 0.15) is 25.1 Å². The predicted octanol–water partition coefficient (Wildman–Crippen LogP) is 2.98. The third-order valence-corrected chi connectivity index (χ3v) is 3.21. The number of phenolic OH excluding ortho intramolecular Hbond substituents is 1. The Morgan fingerprint density at radius 1 is 1.47 bits per heavy atom. The fraction of sp³-hybridized carbons (Fsp3) is 0.357. The van der Waals surface area contributed by atoms with Crippen molar-refractivity contribution in [2.45, 2.75) is 25.9 Å². The summed E-state index contributed by atoms with van der Waals surface area (Å²) in [6.45, 7) is 3.04. The molecule has 0 saturated heterocycles. The summed E-state index contributed by atoms with van der Waals surface area (Å²) >= 11 is 5.85. The minimum Gasteiger partial charge on any atom is -0.508 e. The normalized spacial score (nSPS) is 12.5. The summed E-state index contributed by atoms with van der Waals surface area (Å²) in [6, 6.07) is 5.22. The molecule has 0 amide bonds. The third-order valence-electron chi connectivity index (χ3n) is 2.98. The summed E-state index contributed by atoms with van der Waals surface area (Å²) in [5, 5.41) is 13.9. The molecule has 0 saturated carbocycles. The van der Waals surface area contributed by atoms with Crippen molar-refractivity contribution < 1.29 is 5.11 Å². The second kappa shape index (κ2) is 6.59. The van der Waals surface area contributed by atoms with Crippen LogP contribution < -0.4 is 5.32 Å². The Kier molecular flexibility index (Phi) is 4.82. The summed E-state index contributed by atoms with van der Waals surface area (Å²) in [4.78, 5) is 4.07. The van der Waals surface area contributed by atoms with Gasteiger partial charge in [-0.05, 0) is 30.7 Å². The van der Waals surface area contributed by atoms with Crippen LogP contribution in [0.2, 0.25) is 5.02 Å². The predicted molar refractivity (Wildman–Crippen MR) is 76.4 cm³/mol. The van der Waals surface area contributed by atoms with E-state index in [4.69, 9.17) is 11.6 Å². The van der Waals surface area contributed by atoms with Crippen molar-refractivity contribution in [3.63, 3.8) is 0 Å². The molecule has 1 heterocycles. The van der Waals surface area contributed by atoms with E-state index in [1.807, 2.05) is 16.8 Å². The van der Waals surface area contributed by atoms with Gasteiger partial charge < -0.3 is 9.67 Å². The van der Waals surface area contributed by atoms with E-state index in [1.54, 1.807) is 24.7 Å². The van der Waals surface area contributed by atoms with Crippen LogP contribution in [-0.2, 0) is 6.42 Å². The highest BCUT2D eigenvalue weighted by atomic mass is 35.5. The van der Waals surface area contributed by atoms with Gasteiger partial charge in [0.2, 0.25) is 0 Å². The molecular weight excluding hydrogens is 262 g/mol. The number of benzene rings is 1. The monoisotopic (exact) mass is 279 g/mol. The van der Waals surface area contributed by atoms with E-state index in [0.29, 0.717) is 11.4 Å². The first-order chi connectivity index (χ1) is 9.20. The van der Waals surface area contributed by atoms with Gasteiger partial charge in [-0.1, -0.05) is 24.6 Å². The lowest BCUT2D eigenvalue weighted by Crippen LogP contribution is -2.28. The van der Waals surface area contributed by atoms with Crippen molar-refractivity contribution in [1.82, 2.24) is 14.9 Å². The van der Waals surface area contributed by atoms with Crippen LogP contribution in [0.5, 0.6) is 5.75 Å². The average Bonchev–Trinajstić information content (AvgIpc) is 2.90. The van der Waals surface area contributed by atoms with E-state index in [0.717, 1.165) is 18.5 Å². The second-order valence-corrected chi connectivity index (χ2v) is 4.89. The van der Waals surface area contributed by atoms with E-state index in [2.05, 4.69) is 17.2 Å². The van der Waals surface area contributed by atoms with Crippen molar-refractivity contribution in [3.05, 3.63) is 47.5 Å². The van der Waals surface area contributed by atoms with Gasteiger partial charge in [0.25, 0.3) is 0 Å². The number of rotatable bonds is 6. The van der Waals surface area contributed by atoms with Crippen molar-refractivity contribution in [1.29, 1.82) is 0 Å². The van der Waals surface area contributed by atoms with Gasteiger partial charge in [0.05, 0.1) is 12.5 Å². The third kappa shape index (κ3) is 3.72. The van der Waals surface area contributed by atoms with Crippen LogP contribution in [0.15, 0.2) is 36.9 Å². The highest BCUT2D eigenvalue weighted by molar-refractivity contribution is 6.30.